The minimum Gasteiger partial charge on any atom is -0.309 e. The molecule has 18 heavy (non-hydrogen) atoms. The summed E-state index contributed by atoms with van der Waals surface area (Å²) in [7, 11) is 2.02. The lowest BCUT2D eigenvalue weighted by Crippen LogP contribution is -2.18. The molecule has 0 saturated carbocycles. The minimum absolute atomic E-state index is 0.268. The molecule has 1 heteroatoms. The average Bonchev–Trinajstić information content (AvgIpc) is 2.35. The normalized spacial score (nSPS) is 12.4. The van der Waals surface area contributed by atoms with E-state index in [2.05, 4.69) is 68.6 Å². The molecule has 0 aromatic heterocycles. The Labute approximate surface area is 110 Å². The van der Waals surface area contributed by atoms with Gasteiger partial charge in [0.15, 0.2) is 0 Å². The molecule has 2 aromatic rings. The predicted octanol–water partition coefficient (Wildman–Crippen LogP) is 3.92. The van der Waals surface area contributed by atoms with E-state index in [1.165, 1.54) is 27.8 Å². The van der Waals surface area contributed by atoms with Gasteiger partial charge in [-0.25, -0.2) is 0 Å². The second-order valence-corrected chi connectivity index (χ2v) is 5.00. The van der Waals surface area contributed by atoms with Crippen LogP contribution in [0, 0.1) is 20.8 Å². The molecule has 0 spiro atoms. The van der Waals surface area contributed by atoms with E-state index in [-0.39, 0.29) is 6.04 Å². The molecule has 0 aliphatic rings. The van der Waals surface area contributed by atoms with Gasteiger partial charge in [0.1, 0.15) is 0 Å². The van der Waals surface area contributed by atoms with Crippen LogP contribution in [0.2, 0.25) is 0 Å². The highest BCUT2D eigenvalue weighted by Gasteiger charge is 2.14. The molecule has 2 rings (SSSR count). The standard InChI is InChI=1S/C17H21N/c1-12-6-5-7-15(10-12)17(18-4)16-11-13(2)8-9-14(16)3/h5-11,17-18H,1-4H3. The first-order valence-electron chi connectivity index (χ1n) is 6.43. The van der Waals surface area contributed by atoms with Crippen molar-refractivity contribution in [2.45, 2.75) is 26.8 Å². The first-order chi connectivity index (χ1) is 8.61. The fourth-order valence-corrected chi connectivity index (χ4v) is 2.42. The molecule has 0 heterocycles. The van der Waals surface area contributed by atoms with Crippen molar-refractivity contribution in [2.75, 3.05) is 7.05 Å². The molecule has 1 nitrogen and oxygen atoms in total. The van der Waals surface area contributed by atoms with E-state index in [0.29, 0.717) is 0 Å². The molecule has 1 unspecified atom stereocenters. The molecule has 0 saturated heterocycles. The van der Waals surface area contributed by atoms with Gasteiger partial charge >= 0.3 is 0 Å². The van der Waals surface area contributed by atoms with Crippen molar-refractivity contribution in [3.8, 4) is 0 Å². The Bertz CT molecular complexity index is 543. The zero-order chi connectivity index (χ0) is 13.1. The number of hydrogen-bond acceptors (Lipinski definition) is 1. The van der Waals surface area contributed by atoms with Crippen LogP contribution in [0.25, 0.3) is 0 Å². The van der Waals surface area contributed by atoms with Crippen LogP contribution < -0.4 is 5.32 Å². The summed E-state index contributed by atoms with van der Waals surface area (Å²) < 4.78 is 0. The molecular weight excluding hydrogens is 218 g/mol. The summed E-state index contributed by atoms with van der Waals surface area (Å²) in [5, 5.41) is 3.43. The Hall–Kier alpha value is -1.60. The van der Waals surface area contributed by atoms with Crippen LogP contribution in [-0.4, -0.2) is 7.05 Å². The van der Waals surface area contributed by atoms with Crippen LogP contribution in [0.15, 0.2) is 42.5 Å². The van der Waals surface area contributed by atoms with Gasteiger partial charge in [0, 0.05) is 0 Å². The van der Waals surface area contributed by atoms with Crippen molar-refractivity contribution in [3.63, 3.8) is 0 Å². The Kier molecular flexibility index (Phi) is 3.83. The van der Waals surface area contributed by atoms with Crippen LogP contribution in [0.4, 0.5) is 0 Å². The Morgan fingerprint density at radius 2 is 1.61 bits per heavy atom. The largest absolute Gasteiger partial charge is 0.309 e. The van der Waals surface area contributed by atoms with Gasteiger partial charge in [-0.1, -0.05) is 53.6 Å². The molecule has 0 radical (unpaired) electrons. The van der Waals surface area contributed by atoms with Gasteiger partial charge in [0.2, 0.25) is 0 Å². The Balaban J connectivity index is 2.48. The third-order valence-electron chi connectivity index (χ3n) is 3.41. The number of benzene rings is 2. The second kappa shape index (κ2) is 5.36. The highest BCUT2D eigenvalue weighted by atomic mass is 14.9. The summed E-state index contributed by atoms with van der Waals surface area (Å²) in [6.45, 7) is 6.46. The lowest BCUT2D eigenvalue weighted by atomic mass is 9.93. The third kappa shape index (κ3) is 2.62. The van der Waals surface area contributed by atoms with Crippen molar-refractivity contribution >= 4 is 0 Å². The van der Waals surface area contributed by atoms with Gasteiger partial charge in [-0.2, -0.15) is 0 Å². The fourth-order valence-electron chi connectivity index (χ4n) is 2.42. The van der Waals surface area contributed by atoms with Crippen LogP contribution in [-0.2, 0) is 0 Å². The first kappa shape index (κ1) is 12.8. The van der Waals surface area contributed by atoms with Gasteiger partial charge in [0.05, 0.1) is 6.04 Å². The average molecular weight is 239 g/mol. The Morgan fingerprint density at radius 1 is 0.889 bits per heavy atom. The maximum Gasteiger partial charge on any atom is 0.0577 e. The molecule has 0 aliphatic carbocycles. The van der Waals surface area contributed by atoms with E-state index in [1.807, 2.05) is 7.05 Å². The highest BCUT2D eigenvalue weighted by molar-refractivity contribution is 5.40. The minimum atomic E-state index is 0.268. The van der Waals surface area contributed by atoms with Gasteiger partial charge in [-0.15, -0.1) is 0 Å². The summed E-state index contributed by atoms with van der Waals surface area (Å²) in [5.41, 5.74) is 6.64. The summed E-state index contributed by atoms with van der Waals surface area (Å²) in [5.74, 6) is 0. The number of nitrogens with one attached hydrogen (secondary N) is 1. The van der Waals surface area contributed by atoms with E-state index >= 15 is 0 Å². The van der Waals surface area contributed by atoms with Crippen molar-refractivity contribution < 1.29 is 0 Å². The van der Waals surface area contributed by atoms with E-state index in [0.717, 1.165) is 0 Å². The first-order valence-corrected chi connectivity index (χ1v) is 6.43. The number of aryl methyl sites for hydroxylation is 3. The van der Waals surface area contributed by atoms with Gasteiger partial charge in [-0.3, -0.25) is 0 Å². The third-order valence-corrected chi connectivity index (χ3v) is 3.41. The summed E-state index contributed by atoms with van der Waals surface area (Å²) in [6.07, 6.45) is 0. The van der Waals surface area contributed by atoms with E-state index in [9.17, 15) is 0 Å². The zero-order valence-corrected chi connectivity index (χ0v) is 11.6. The maximum atomic E-state index is 3.43. The van der Waals surface area contributed by atoms with Gasteiger partial charge < -0.3 is 5.32 Å². The molecule has 1 atom stereocenters. The fraction of sp³-hybridized carbons (Fsp3) is 0.294. The molecule has 0 bridgehead atoms. The molecule has 0 aliphatic heterocycles. The lowest BCUT2D eigenvalue weighted by Gasteiger charge is -2.20. The Morgan fingerprint density at radius 3 is 2.28 bits per heavy atom. The summed E-state index contributed by atoms with van der Waals surface area (Å²) in [4.78, 5) is 0. The van der Waals surface area contributed by atoms with E-state index in [4.69, 9.17) is 0 Å². The molecule has 0 fully saturated rings. The van der Waals surface area contributed by atoms with Gasteiger partial charge in [-0.05, 0) is 44.5 Å². The summed E-state index contributed by atoms with van der Waals surface area (Å²) in [6, 6.07) is 15.6. The zero-order valence-electron chi connectivity index (χ0n) is 11.6. The lowest BCUT2D eigenvalue weighted by molar-refractivity contribution is 0.686. The SMILES string of the molecule is CNC(c1cccc(C)c1)c1cc(C)ccc1C. The molecule has 1 N–H and O–H groups in total. The van der Waals surface area contributed by atoms with E-state index < -0.39 is 0 Å². The monoisotopic (exact) mass is 239 g/mol. The second-order valence-electron chi connectivity index (χ2n) is 5.00. The van der Waals surface area contributed by atoms with Crippen LogP contribution in [0.5, 0.6) is 0 Å². The number of rotatable bonds is 3. The summed E-state index contributed by atoms with van der Waals surface area (Å²) >= 11 is 0. The van der Waals surface area contributed by atoms with Crippen LogP contribution in [0.1, 0.15) is 33.9 Å². The van der Waals surface area contributed by atoms with Crippen LogP contribution >= 0.6 is 0 Å². The van der Waals surface area contributed by atoms with E-state index in [1.54, 1.807) is 0 Å². The predicted molar refractivity (Wildman–Crippen MR) is 78.0 cm³/mol. The van der Waals surface area contributed by atoms with Crippen molar-refractivity contribution in [1.29, 1.82) is 0 Å². The maximum absolute atomic E-state index is 3.43. The van der Waals surface area contributed by atoms with Crippen molar-refractivity contribution in [2.24, 2.45) is 0 Å². The topological polar surface area (TPSA) is 12.0 Å². The number of hydrogen-bond donors (Lipinski definition) is 1. The molecule has 2 aromatic carbocycles. The quantitative estimate of drug-likeness (QED) is 0.856. The highest BCUT2D eigenvalue weighted by Crippen LogP contribution is 2.26. The smallest absolute Gasteiger partial charge is 0.0577 e. The van der Waals surface area contributed by atoms with Gasteiger partial charge in [0.25, 0.3) is 0 Å². The molecular formula is C17H21N. The van der Waals surface area contributed by atoms with Crippen molar-refractivity contribution in [3.05, 3.63) is 70.3 Å². The van der Waals surface area contributed by atoms with Crippen LogP contribution in [0.3, 0.4) is 0 Å². The molecule has 94 valence electrons. The van der Waals surface area contributed by atoms with Crippen molar-refractivity contribution in [1.82, 2.24) is 5.32 Å². The molecule has 0 amide bonds.